The minimum absolute atomic E-state index is 0.180. The van der Waals surface area contributed by atoms with Gasteiger partial charge in [-0.2, -0.15) is 0 Å². The average Bonchev–Trinajstić information content (AvgIpc) is 2.62. The van der Waals surface area contributed by atoms with Crippen LogP contribution in [0, 0.1) is 0 Å². The van der Waals surface area contributed by atoms with Gasteiger partial charge in [-0.05, 0) is 19.4 Å². The van der Waals surface area contributed by atoms with Crippen molar-refractivity contribution in [2.45, 2.75) is 25.3 Å². The summed E-state index contributed by atoms with van der Waals surface area (Å²) < 4.78 is 0. The van der Waals surface area contributed by atoms with E-state index in [4.69, 9.17) is 5.73 Å². The second-order valence-corrected chi connectivity index (χ2v) is 4.13. The highest BCUT2D eigenvalue weighted by atomic mass is 15.3. The van der Waals surface area contributed by atoms with Crippen molar-refractivity contribution in [2.75, 3.05) is 26.2 Å². The van der Waals surface area contributed by atoms with Crippen molar-refractivity contribution in [3.63, 3.8) is 0 Å². The van der Waals surface area contributed by atoms with E-state index in [1.807, 2.05) is 0 Å². The number of nitrogens with one attached hydrogen (secondary N) is 1. The van der Waals surface area contributed by atoms with Crippen molar-refractivity contribution in [1.29, 1.82) is 0 Å². The largest absolute Gasteiger partial charge is 0.370 e. The van der Waals surface area contributed by atoms with Crippen molar-refractivity contribution in [2.24, 2.45) is 10.7 Å². The second-order valence-electron chi connectivity index (χ2n) is 4.13. The lowest BCUT2D eigenvalue weighted by molar-refractivity contribution is 0.308. The third-order valence-corrected chi connectivity index (χ3v) is 2.92. The Balaban J connectivity index is 1.91. The molecule has 1 fully saturated rings. The van der Waals surface area contributed by atoms with Gasteiger partial charge in [0.2, 0.25) is 0 Å². The standard InChI is InChI=1S/C9H18N4/c1-2-4-13-5-3-9(7-13)6-11-8(10)12-9/h2-7H2,1H3,(H3,10,11,12). The van der Waals surface area contributed by atoms with E-state index in [1.54, 1.807) is 0 Å². The number of aliphatic imine (C=N–C) groups is 1. The van der Waals surface area contributed by atoms with Crippen LogP contribution in [-0.2, 0) is 0 Å². The van der Waals surface area contributed by atoms with Gasteiger partial charge < -0.3 is 16.0 Å². The summed E-state index contributed by atoms with van der Waals surface area (Å²) in [4.78, 5) is 6.71. The summed E-state index contributed by atoms with van der Waals surface area (Å²) in [6.07, 6.45) is 2.41. The van der Waals surface area contributed by atoms with Crippen LogP contribution in [-0.4, -0.2) is 42.6 Å². The Morgan fingerprint density at radius 2 is 2.54 bits per heavy atom. The molecule has 0 aromatic rings. The van der Waals surface area contributed by atoms with Crippen molar-refractivity contribution in [3.05, 3.63) is 0 Å². The monoisotopic (exact) mass is 182 g/mol. The zero-order chi connectivity index (χ0) is 9.31. The molecule has 13 heavy (non-hydrogen) atoms. The van der Waals surface area contributed by atoms with E-state index in [-0.39, 0.29) is 5.54 Å². The summed E-state index contributed by atoms with van der Waals surface area (Å²) in [6.45, 7) is 6.56. The Morgan fingerprint density at radius 3 is 3.15 bits per heavy atom. The van der Waals surface area contributed by atoms with Gasteiger partial charge in [0.15, 0.2) is 5.96 Å². The van der Waals surface area contributed by atoms with Gasteiger partial charge in [0.05, 0.1) is 12.1 Å². The zero-order valence-electron chi connectivity index (χ0n) is 8.21. The van der Waals surface area contributed by atoms with Crippen LogP contribution in [0.15, 0.2) is 4.99 Å². The van der Waals surface area contributed by atoms with Crippen LogP contribution >= 0.6 is 0 Å². The van der Waals surface area contributed by atoms with E-state index in [1.165, 1.54) is 25.9 Å². The number of rotatable bonds is 2. The lowest BCUT2D eigenvalue weighted by Crippen LogP contribution is -2.49. The van der Waals surface area contributed by atoms with Crippen LogP contribution in [0.5, 0.6) is 0 Å². The molecule has 0 amide bonds. The van der Waals surface area contributed by atoms with Gasteiger partial charge in [-0.25, -0.2) is 0 Å². The lowest BCUT2D eigenvalue weighted by atomic mass is 10.0. The minimum Gasteiger partial charge on any atom is -0.370 e. The van der Waals surface area contributed by atoms with Gasteiger partial charge in [-0.1, -0.05) is 6.92 Å². The summed E-state index contributed by atoms with van der Waals surface area (Å²) in [5, 5.41) is 3.30. The second kappa shape index (κ2) is 3.18. The summed E-state index contributed by atoms with van der Waals surface area (Å²) in [6, 6.07) is 0. The number of nitrogens with zero attached hydrogens (tertiary/aromatic N) is 2. The van der Waals surface area contributed by atoms with Crippen molar-refractivity contribution in [1.82, 2.24) is 10.2 Å². The molecule has 2 aliphatic rings. The van der Waals surface area contributed by atoms with Gasteiger partial charge >= 0.3 is 0 Å². The van der Waals surface area contributed by atoms with Gasteiger partial charge in [0.1, 0.15) is 0 Å². The highest BCUT2D eigenvalue weighted by molar-refractivity contribution is 5.80. The molecule has 1 saturated heterocycles. The van der Waals surface area contributed by atoms with E-state index in [2.05, 4.69) is 22.1 Å². The predicted octanol–water partition coefficient (Wildman–Crippen LogP) is -0.241. The van der Waals surface area contributed by atoms with Gasteiger partial charge in [-0.3, -0.25) is 4.99 Å². The van der Waals surface area contributed by atoms with Crippen LogP contribution in [0.3, 0.4) is 0 Å². The molecule has 0 aliphatic carbocycles. The molecule has 0 bridgehead atoms. The predicted molar refractivity (Wildman–Crippen MR) is 53.7 cm³/mol. The third kappa shape index (κ3) is 1.63. The van der Waals surface area contributed by atoms with Crippen LogP contribution in [0.25, 0.3) is 0 Å². The molecule has 4 nitrogen and oxygen atoms in total. The fourth-order valence-corrected chi connectivity index (χ4v) is 2.28. The maximum absolute atomic E-state index is 5.63. The summed E-state index contributed by atoms with van der Waals surface area (Å²) in [5.74, 6) is 0.623. The van der Waals surface area contributed by atoms with Gasteiger partial charge in [0, 0.05) is 13.1 Å². The third-order valence-electron chi connectivity index (χ3n) is 2.92. The molecule has 4 heteroatoms. The molecule has 1 unspecified atom stereocenters. The van der Waals surface area contributed by atoms with Gasteiger partial charge in [0.25, 0.3) is 0 Å². The molecule has 74 valence electrons. The van der Waals surface area contributed by atoms with Crippen molar-refractivity contribution in [3.8, 4) is 0 Å². The fourth-order valence-electron chi connectivity index (χ4n) is 2.28. The van der Waals surface area contributed by atoms with Crippen LogP contribution in [0.4, 0.5) is 0 Å². The van der Waals surface area contributed by atoms with E-state index in [0.717, 1.165) is 13.1 Å². The smallest absolute Gasteiger partial charge is 0.189 e. The van der Waals surface area contributed by atoms with E-state index >= 15 is 0 Å². The molecule has 1 spiro atoms. The summed E-state index contributed by atoms with van der Waals surface area (Å²) in [7, 11) is 0. The Morgan fingerprint density at radius 1 is 1.69 bits per heavy atom. The van der Waals surface area contributed by atoms with Crippen LogP contribution in [0.2, 0.25) is 0 Å². The molecule has 0 aromatic heterocycles. The number of hydrogen-bond acceptors (Lipinski definition) is 4. The first-order valence-electron chi connectivity index (χ1n) is 5.04. The molecular weight excluding hydrogens is 164 g/mol. The van der Waals surface area contributed by atoms with Crippen LogP contribution < -0.4 is 11.1 Å². The molecule has 0 aromatic carbocycles. The maximum atomic E-state index is 5.63. The SMILES string of the molecule is CCCN1CCC2(CN=C(N)N2)C1. The Kier molecular flexibility index (Phi) is 2.15. The van der Waals surface area contributed by atoms with Gasteiger partial charge in [-0.15, -0.1) is 0 Å². The average molecular weight is 182 g/mol. The first kappa shape index (κ1) is 8.81. The molecule has 2 aliphatic heterocycles. The molecule has 2 heterocycles. The highest BCUT2D eigenvalue weighted by Gasteiger charge is 2.40. The topological polar surface area (TPSA) is 53.6 Å². The molecule has 0 saturated carbocycles. The first-order valence-corrected chi connectivity index (χ1v) is 5.04. The zero-order valence-corrected chi connectivity index (χ0v) is 8.21. The van der Waals surface area contributed by atoms with E-state index < -0.39 is 0 Å². The summed E-state index contributed by atoms with van der Waals surface area (Å²) >= 11 is 0. The number of hydrogen-bond donors (Lipinski definition) is 2. The normalized spacial score (nSPS) is 33.8. The summed E-state index contributed by atoms with van der Waals surface area (Å²) in [5.41, 5.74) is 5.81. The highest BCUT2D eigenvalue weighted by Crippen LogP contribution is 2.24. The van der Waals surface area contributed by atoms with Crippen molar-refractivity contribution >= 4 is 5.96 Å². The number of likely N-dealkylation sites (tertiary alicyclic amines) is 1. The first-order chi connectivity index (χ1) is 6.24. The molecular formula is C9H18N4. The molecule has 3 N–H and O–H groups in total. The number of nitrogens with two attached hydrogens (primary N) is 1. The quantitative estimate of drug-likeness (QED) is 0.619. The molecule has 0 radical (unpaired) electrons. The Hall–Kier alpha value is -0.770. The number of guanidine groups is 1. The lowest BCUT2D eigenvalue weighted by Gasteiger charge is -2.23. The van der Waals surface area contributed by atoms with E-state index in [0.29, 0.717) is 5.96 Å². The van der Waals surface area contributed by atoms with E-state index in [9.17, 15) is 0 Å². The maximum Gasteiger partial charge on any atom is 0.189 e. The molecule has 1 atom stereocenters. The molecule has 2 rings (SSSR count). The minimum atomic E-state index is 0.180. The Labute approximate surface area is 79.2 Å². The fraction of sp³-hybridized carbons (Fsp3) is 0.889. The van der Waals surface area contributed by atoms with Crippen molar-refractivity contribution < 1.29 is 0 Å². The Bertz CT molecular complexity index is 226. The van der Waals surface area contributed by atoms with Crippen LogP contribution in [0.1, 0.15) is 19.8 Å².